The largest absolute Gasteiger partial charge is 0.310 e. The number of amidine groups is 1. The smallest absolute Gasteiger partial charge is 0.196 e. The molecule has 0 bridgehead atoms. The number of aliphatic imine (C=N–C) groups is 1. The molecule has 0 aliphatic carbocycles. The first kappa shape index (κ1) is 14.6. The van der Waals surface area contributed by atoms with Crippen molar-refractivity contribution in [1.82, 2.24) is 4.90 Å². The Morgan fingerprint density at radius 2 is 1.88 bits per heavy atom. The quantitative estimate of drug-likeness (QED) is 0.596. The maximum Gasteiger partial charge on any atom is 0.196 e. The third-order valence-corrected chi connectivity index (χ3v) is 3.79. The Morgan fingerprint density at radius 3 is 2.47 bits per heavy atom. The predicted octanol–water partition coefficient (Wildman–Crippen LogP) is -0.255. The Kier molecular flexibility index (Phi) is 4.30. The van der Waals surface area contributed by atoms with Crippen LogP contribution in [0.2, 0.25) is 0 Å². The third kappa shape index (κ3) is 3.74. The van der Waals surface area contributed by atoms with Crippen LogP contribution in [0.15, 0.2) is 4.99 Å². The molecular weight excluding hydrogens is 214 g/mol. The second-order valence-corrected chi connectivity index (χ2v) is 6.38. The van der Waals surface area contributed by atoms with E-state index in [4.69, 9.17) is 5.73 Å². The summed E-state index contributed by atoms with van der Waals surface area (Å²) < 4.78 is 1.61. The third-order valence-electron chi connectivity index (χ3n) is 3.79. The molecule has 0 saturated heterocycles. The van der Waals surface area contributed by atoms with Crippen molar-refractivity contribution in [1.29, 1.82) is 0 Å². The minimum atomic E-state index is 0.0836. The van der Waals surface area contributed by atoms with Gasteiger partial charge in [0.05, 0.1) is 34.7 Å². The van der Waals surface area contributed by atoms with Gasteiger partial charge in [-0.05, 0) is 7.05 Å². The number of nitrogens with two attached hydrogens (primary N) is 1. The lowest BCUT2D eigenvalue weighted by molar-refractivity contribution is -0.936. The molecule has 5 nitrogen and oxygen atoms in total. The fraction of sp³-hybridized carbons (Fsp3) is 0.917. The Labute approximate surface area is 106 Å². The summed E-state index contributed by atoms with van der Waals surface area (Å²) in [6, 6.07) is 0. The highest BCUT2D eigenvalue weighted by Crippen LogP contribution is 2.11. The van der Waals surface area contributed by atoms with Gasteiger partial charge in [-0.15, -0.1) is 0 Å². The summed E-state index contributed by atoms with van der Waals surface area (Å²) in [5.74, 6) is 1.12. The first-order valence-corrected chi connectivity index (χ1v) is 6.26. The zero-order valence-corrected chi connectivity index (χ0v) is 12.3. The van der Waals surface area contributed by atoms with E-state index < -0.39 is 0 Å². The van der Waals surface area contributed by atoms with Crippen LogP contribution in [0.4, 0.5) is 0 Å². The zero-order chi connectivity index (χ0) is 13.3. The molecule has 0 fully saturated rings. The van der Waals surface area contributed by atoms with Crippen molar-refractivity contribution in [3.05, 3.63) is 0 Å². The molecule has 0 radical (unpaired) electrons. The van der Waals surface area contributed by atoms with Crippen LogP contribution in [0.25, 0.3) is 0 Å². The van der Waals surface area contributed by atoms with Crippen LogP contribution < -0.4 is 5.73 Å². The molecule has 0 saturated carbocycles. The summed E-state index contributed by atoms with van der Waals surface area (Å²) in [5.41, 5.74) is 6.37. The van der Waals surface area contributed by atoms with Gasteiger partial charge in [-0.2, -0.15) is 0 Å². The molecule has 1 unspecified atom stereocenters. The van der Waals surface area contributed by atoms with Crippen LogP contribution in [-0.2, 0) is 0 Å². The first-order valence-electron chi connectivity index (χ1n) is 6.26. The molecule has 5 heteroatoms. The van der Waals surface area contributed by atoms with Crippen LogP contribution in [0.3, 0.4) is 0 Å². The molecule has 17 heavy (non-hydrogen) atoms. The van der Waals surface area contributed by atoms with Crippen LogP contribution >= 0.6 is 0 Å². The monoisotopic (exact) mass is 243 g/mol. The average Bonchev–Trinajstić information content (AvgIpc) is 2.14. The minimum absolute atomic E-state index is 0.0836. The van der Waals surface area contributed by atoms with Crippen LogP contribution in [0, 0.1) is 0 Å². The van der Waals surface area contributed by atoms with Crippen LogP contribution in [0.5, 0.6) is 0 Å². The van der Waals surface area contributed by atoms with E-state index >= 15 is 0 Å². The second kappa shape index (κ2) is 5.02. The fourth-order valence-electron chi connectivity index (χ4n) is 2.30. The topological polar surface area (TPSA) is 41.6 Å². The zero-order valence-electron chi connectivity index (χ0n) is 12.3. The van der Waals surface area contributed by atoms with E-state index in [1.807, 2.05) is 0 Å². The first-order chi connectivity index (χ1) is 7.65. The van der Waals surface area contributed by atoms with Crippen LogP contribution in [-0.4, -0.2) is 87.4 Å². The fourth-order valence-corrected chi connectivity index (χ4v) is 2.30. The van der Waals surface area contributed by atoms with Crippen molar-refractivity contribution in [2.24, 2.45) is 10.7 Å². The molecule has 1 aliphatic rings. The Morgan fingerprint density at radius 1 is 1.29 bits per heavy atom. The van der Waals surface area contributed by atoms with Gasteiger partial charge in [-0.25, -0.2) is 4.99 Å². The number of rotatable bonds is 0. The van der Waals surface area contributed by atoms with Gasteiger partial charge in [0.1, 0.15) is 13.2 Å². The van der Waals surface area contributed by atoms with E-state index in [-0.39, 0.29) is 6.17 Å². The van der Waals surface area contributed by atoms with Gasteiger partial charge in [0.2, 0.25) is 0 Å². The molecule has 1 heterocycles. The van der Waals surface area contributed by atoms with Crippen molar-refractivity contribution in [2.45, 2.75) is 13.1 Å². The van der Waals surface area contributed by atoms with Crippen molar-refractivity contribution >= 4 is 5.84 Å². The van der Waals surface area contributed by atoms with Crippen molar-refractivity contribution in [2.75, 3.05) is 61.5 Å². The number of hydrogen-bond donors (Lipinski definition) is 1. The van der Waals surface area contributed by atoms with E-state index in [1.54, 1.807) is 0 Å². The van der Waals surface area contributed by atoms with E-state index in [0.29, 0.717) is 4.48 Å². The van der Waals surface area contributed by atoms with Gasteiger partial charge in [-0.3, -0.25) is 15.1 Å². The summed E-state index contributed by atoms with van der Waals surface area (Å²) in [7, 11) is 10.9. The molecule has 1 rings (SSSR count). The molecule has 2 N–H and O–H groups in total. The van der Waals surface area contributed by atoms with E-state index in [9.17, 15) is 0 Å². The highest BCUT2D eigenvalue weighted by Gasteiger charge is 2.35. The van der Waals surface area contributed by atoms with Gasteiger partial charge in [0.15, 0.2) is 12.0 Å². The number of quaternary nitrogens is 2. The lowest BCUT2D eigenvalue weighted by Crippen LogP contribution is -2.65. The van der Waals surface area contributed by atoms with Crippen molar-refractivity contribution in [3.63, 3.8) is 0 Å². The molecule has 0 aromatic carbocycles. The summed E-state index contributed by atoms with van der Waals surface area (Å²) >= 11 is 0. The Hall–Kier alpha value is -0.490. The Bertz CT molecular complexity index is 295. The standard InChI is InChI=1S/C12H29N5/c1-11-14-7-8-15(2)10-16(3,4)9-12(13)17(11,5)6/h12H,7-10,13H2,1-6H3/q+2. The van der Waals surface area contributed by atoms with Crippen molar-refractivity contribution < 1.29 is 8.97 Å². The lowest BCUT2D eigenvalue weighted by atomic mass is 10.3. The lowest BCUT2D eigenvalue weighted by Gasteiger charge is -2.41. The van der Waals surface area contributed by atoms with E-state index in [1.165, 1.54) is 0 Å². The molecule has 0 amide bonds. The van der Waals surface area contributed by atoms with E-state index in [2.05, 4.69) is 52.1 Å². The molecule has 0 aromatic heterocycles. The Balaban J connectivity index is 2.97. The molecule has 1 aliphatic heterocycles. The summed E-state index contributed by atoms with van der Waals surface area (Å²) in [6.07, 6.45) is 0.0836. The SMILES string of the molecule is CC1=NCCN(C)C[N+](C)(C)CC(N)[N+]1(C)C. The molecule has 100 valence electrons. The summed E-state index contributed by atoms with van der Waals surface area (Å²) in [6.45, 7) is 5.92. The highest BCUT2D eigenvalue weighted by atomic mass is 15.5. The molecule has 0 spiro atoms. The molecule has 0 aromatic rings. The molecular formula is C12H29N5+2. The second-order valence-electron chi connectivity index (χ2n) is 6.38. The number of hydrogen-bond acceptors (Lipinski definition) is 3. The number of nitrogens with zero attached hydrogens (tertiary/aromatic N) is 4. The van der Waals surface area contributed by atoms with E-state index in [0.717, 1.165) is 36.6 Å². The van der Waals surface area contributed by atoms with Crippen molar-refractivity contribution in [3.8, 4) is 0 Å². The predicted molar refractivity (Wildman–Crippen MR) is 72.5 cm³/mol. The normalized spacial score (nSPS) is 30.8. The maximum absolute atomic E-state index is 6.37. The van der Waals surface area contributed by atoms with Gasteiger partial charge in [0, 0.05) is 13.5 Å². The van der Waals surface area contributed by atoms with Gasteiger partial charge >= 0.3 is 0 Å². The number of likely N-dealkylation sites (N-methyl/N-ethyl adjacent to an activating group) is 3. The van der Waals surface area contributed by atoms with Gasteiger partial charge in [-0.1, -0.05) is 0 Å². The molecule has 1 atom stereocenters. The summed E-state index contributed by atoms with van der Waals surface area (Å²) in [4.78, 5) is 6.98. The maximum atomic E-state index is 6.37. The van der Waals surface area contributed by atoms with Gasteiger partial charge < -0.3 is 4.48 Å². The van der Waals surface area contributed by atoms with Gasteiger partial charge in [0.25, 0.3) is 0 Å². The summed E-state index contributed by atoms with van der Waals surface area (Å²) in [5, 5.41) is 0. The van der Waals surface area contributed by atoms with Crippen LogP contribution in [0.1, 0.15) is 6.92 Å². The average molecular weight is 243 g/mol. The minimum Gasteiger partial charge on any atom is -0.310 e. The highest BCUT2D eigenvalue weighted by molar-refractivity contribution is 5.72.